The summed E-state index contributed by atoms with van der Waals surface area (Å²) in [6.45, 7) is 4.56. The SMILES string of the molecule is Cc1noc(C)c1Cn1ccc2c(Cl)cc(Cl)cc21. The Morgan fingerprint density at radius 2 is 2.05 bits per heavy atom. The summed E-state index contributed by atoms with van der Waals surface area (Å²) >= 11 is 12.3. The van der Waals surface area contributed by atoms with Gasteiger partial charge < -0.3 is 9.09 Å². The van der Waals surface area contributed by atoms with E-state index in [1.165, 1.54) is 0 Å². The van der Waals surface area contributed by atoms with E-state index in [0.29, 0.717) is 16.6 Å². The van der Waals surface area contributed by atoms with Crippen molar-refractivity contribution in [2.75, 3.05) is 0 Å². The summed E-state index contributed by atoms with van der Waals surface area (Å²) in [5, 5.41) is 6.27. The maximum Gasteiger partial charge on any atom is 0.138 e. The van der Waals surface area contributed by atoms with E-state index in [9.17, 15) is 0 Å². The number of rotatable bonds is 2. The summed E-state index contributed by atoms with van der Waals surface area (Å²) in [6.07, 6.45) is 2.00. The predicted octanol–water partition coefficient (Wildman–Crippen LogP) is 4.60. The van der Waals surface area contributed by atoms with Crippen LogP contribution >= 0.6 is 23.2 Å². The molecule has 5 heteroatoms. The fraction of sp³-hybridized carbons (Fsp3) is 0.214. The molecule has 0 atom stereocenters. The highest BCUT2D eigenvalue weighted by atomic mass is 35.5. The largest absolute Gasteiger partial charge is 0.361 e. The molecule has 98 valence electrons. The second-order valence-corrected chi connectivity index (χ2v) is 5.41. The number of fused-ring (bicyclic) bond motifs is 1. The lowest BCUT2D eigenvalue weighted by atomic mass is 10.2. The molecular weight excluding hydrogens is 283 g/mol. The number of hydrogen-bond acceptors (Lipinski definition) is 2. The predicted molar refractivity (Wildman–Crippen MR) is 77.0 cm³/mol. The smallest absolute Gasteiger partial charge is 0.138 e. The lowest BCUT2D eigenvalue weighted by molar-refractivity contribution is 0.392. The molecule has 0 spiro atoms. The fourth-order valence-electron chi connectivity index (χ4n) is 2.25. The molecule has 0 saturated heterocycles. The molecule has 0 radical (unpaired) electrons. The van der Waals surface area contributed by atoms with Gasteiger partial charge in [0.05, 0.1) is 22.8 Å². The van der Waals surface area contributed by atoms with Crippen molar-refractivity contribution in [3.8, 4) is 0 Å². The third-order valence-corrected chi connectivity index (χ3v) is 3.84. The molecule has 0 unspecified atom stereocenters. The standard InChI is InChI=1S/C14H12Cl2N2O/c1-8-12(9(2)19-17-8)7-18-4-3-11-13(16)5-10(15)6-14(11)18/h3-6H,7H2,1-2H3. The minimum atomic E-state index is 0.635. The molecule has 2 aromatic heterocycles. The lowest BCUT2D eigenvalue weighted by Gasteiger charge is -2.06. The Morgan fingerprint density at radius 3 is 2.74 bits per heavy atom. The van der Waals surface area contributed by atoms with Crippen LogP contribution in [0.3, 0.4) is 0 Å². The number of nitrogens with zero attached hydrogens (tertiary/aromatic N) is 2. The first kappa shape index (κ1) is 12.6. The van der Waals surface area contributed by atoms with Gasteiger partial charge in [-0.1, -0.05) is 28.4 Å². The van der Waals surface area contributed by atoms with Crippen LogP contribution in [0.5, 0.6) is 0 Å². The summed E-state index contributed by atoms with van der Waals surface area (Å²) in [5.41, 5.74) is 3.01. The van der Waals surface area contributed by atoms with E-state index in [1.54, 1.807) is 6.07 Å². The molecule has 3 aromatic rings. The van der Waals surface area contributed by atoms with Crippen LogP contribution in [0.15, 0.2) is 28.9 Å². The Labute approximate surface area is 120 Å². The van der Waals surface area contributed by atoms with Gasteiger partial charge in [0.15, 0.2) is 0 Å². The molecule has 0 aliphatic carbocycles. The Morgan fingerprint density at radius 1 is 1.26 bits per heavy atom. The molecule has 3 nitrogen and oxygen atoms in total. The van der Waals surface area contributed by atoms with Gasteiger partial charge in [0.2, 0.25) is 0 Å². The van der Waals surface area contributed by atoms with Crippen LogP contribution in [0.1, 0.15) is 17.0 Å². The first-order chi connectivity index (χ1) is 9.06. The van der Waals surface area contributed by atoms with Crippen LogP contribution in [-0.4, -0.2) is 9.72 Å². The minimum absolute atomic E-state index is 0.635. The molecule has 0 N–H and O–H groups in total. The second kappa shape index (κ2) is 4.58. The maximum absolute atomic E-state index is 6.19. The summed E-state index contributed by atoms with van der Waals surface area (Å²) in [4.78, 5) is 0. The van der Waals surface area contributed by atoms with Crippen LogP contribution in [-0.2, 0) is 6.54 Å². The number of halogens is 2. The first-order valence-electron chi connectivity index (χ1n) is 5.92. The van der Waals surface area contributed by atoms with E-state index in [0.717, 1.165) is 27.9 Å². The molecule has 0 amide bonds. The monoisotopic (exact) mass is 294 g/mol. The Balaban J connectivity index is 2.12. The van der Waals surface area contributed by atoms with E-state index >= 15 is 0 Å². The van der Waals surface area contributed by atoms with Gasteiger partial charge in [-0.2, -0.15) is 0 Å². The lowest BCUT2D eigenvalue weighted by Crippen LogP contribution is -2.00. The molecule has 0 fully saturated rings. The average Bonchev–Trinajstić information content (AvgIpc) is 2.88. The van der Waals surface area contributed by atoms with Gasteiger partial charge in [-0.05, 0) is 32.0 Å². The van der Waals surface area contributed by atoms with Gasteiger partial charge in [-0.15, -0.1) is 0 Å². The third-order valence-electron chi connectivity index (χ3n) is 3.31. The van der Waals surface area contributed by atoms with Crippen LogP contribution in [0, 0.1) is 13.8 Å². The molecular formula is C14H12Cl2N2O. The Bertz CT molecular complexity index is 739. The average molecular weight is 295 g/mol. The van der Waals surface area contributed by atoms with Gasteiger partial charge >= 0.3 is 0 Å². The molecule has 1 aromatic carbocycles. The van der Waals surface area contributed by atoms with E-state index < -0.39 is 0 Å². The zero-order valence-electron chi connectivity index (χ0n) is 10.6. The molecule has 0 bridgehead atoms. The number of aromatic nitrogens is 2. The minimum Gasteiger partial charge on any atom is -0.361 e. The van der Waals surface area contributed by atoms with Crippen molar-refractivity contribution < 1.29 is 4.52 Å². The van der Waals surface area contributed by atoms with Crippen LogP contribution in [0.2, 0.25) is 10.0 Å². The molecule has 0 aliphatic rings. The Kier molecular flexibility index (Phi) is 3.03. The Hall–Kier alpha value is -1.45. The molecule has 0 aliphatic heterocycles. The van der Waals surface area contributed by atoms with Crippen molar-refractivity contribution in [2.45, 2.75) is 20.4 Å². The molecule has 0 saturated carbocycles. The number of aryl methyl sites for hydroxylation is 2. The first-order valence-corrected chi connectivity index (χ1v) is 6.67. The topological polar surface area (TPSA) is 31.0 Å². The normalized spacial score (nSPS) is 11.4. The molecule has 3 rings (SSSR count). The highest BCUT2D eigenvalue weighted by molar-refractivity contribution is 6.38. The number of hydrogen-bond donors (Lipinski definition) is 0. The zero-order valence-corrected chi connectivity index (χ0v) is 12.1. The van der Waals surface area contributed by atoms with Crippen LogP contribution < -0.4 is 0 Å². The van der Waals surface area contributed by atoms with Crippen LogP contribution in [0.4, 0.5) is 0 Å². The zero-order chi connectivity index (χ0) is 13.6. The van der Waals surface area contributed by atoms with Crippen LogP contribution in [0.25, 0.3) is 10.9 Å². The molecule has 19 heavy (non-hydrogen) atoms. The van der Waals surface area contributed by atoms with Crippen molar-refractivity contribution in [1.82, 2.24) is 9.72 Å². The quantitative estimate of drug-likeness (QED) is 0.691. The summed E-state index contributed by atoms with van der Waals surface area (Å²) in [6, 6.07) is 5.67. The van der Waals surface area contributed by atoms with Crippen molar-refractivity contribution in [3.05, 3.63) is 51.5 Å². The molecule has 2 heterocycles. The highest BCUT2D eigenvalue weighted by Gasteiger charge is 2.12. The van der Waals surface area contributed by atoms with Gasteiger partial charge in [-0.3, -0.25) is 0 Å². The highest BCUT2D eigenvalue weighted by Crippen LogP contribution is 2.29. The van der Waals surface area contributed by atoms with Crippen molar-refractivity contribution >= 4 is 34.1 Å². The maximum atomic E-state index is 6.19. The van der Waals surface area contributed by atoms with E-state index in [1.807, 2.05) is 32.2 Å². The number of benzene rings is 1. The third kappa shape index (κ3) is 2.13. The summed E-state index contributed by atoms with van der Waals surface area (Å²) in [7, 11) is 0. The van der Waals surface area contributed by atoms with Crippen molar-refractivity contribution in [3.63, 3.8) is 0 Å². The summed E-state index contributed by atoms with van der Waals surface area (Å²) in [5.74, 6) is 0.840. The van der Waals surface area contributed by atoms with Gasteiger partial charge in [0, 0.05) is 22.2 Å². The van der Waals surface area contributed by atoms with Crippen molar-refractivity contribution in [1.29, 1.82) is 0 Å². The van der Waals surface area contributed by atoms with E-state index in [4.69, 9.17) is 27.7 Å². The summed E-state index contributed by atoms with van der Waals surface area (Å²) < 4.78 is 7.28. The van der Waals surface area contributed by atoms with Gasteiger partial charge in [-0.25, -0.2) is 0 Å². The second-order valence-electron chi connectivity index (χ2n) is 4.57. The van der Waals surface area contributed by atoms with E-state index in [2.05, 4.69) is 9.72 Å². The fourth-order valence-corrected chi connectivity index (χ4v) is 2.80. The van der Waals surface area contributed by atoms with Gasteiger partial charge in [0.25, 0.3) is 0 Å². The van der Waals surface area contributed by atoms with Gasteiger partial charge in [0.1, 0.15) is 5.76 Å². The van der Waals surface area contributed by atoms with E-state index in [-0.39, 0.29) is 0 Å². The van der Waals surface area contributed by atoms with Crippen molar-refractivity contribution in [2.24, 2.45) is 0 Å².